The van der Waals surface area contributed by atoms with E-state index in [0.717, 1.165) is 31.6 Å². The van der Waals surface area contributed by atoms with Gasteiger partial charge in [0.05, 0.1) is 5.75 Å². The summed E-state index contributed by atoms with van der Waals surface area (Å²) in [6.07, 6.45) is 2.30. The van der Waals surface area contributed by atoms with E-state index in [9.17, 15) is 4.79 Å². The van der Waals surface area contributed by atoms with Crippen LogP contribution in [-0.4, -0.2) is 30.0 Å². The van der Waals surface area contributed by atoms with E-state index >= 15 is 0 Å². The highest BCUT2D eigenvalue weighted by Crippen LogP contribution is 2.20. The maximum atomic E-state index is 11.8. The van der Waals surface area contributed by atoms with Crippen LogP contribution in [0.5, 0.6) is 0 Å². The second-order valence-corrected chi connectivity index (χ2v) is 6.04. The van der Waals surface area contributed by atoms with Crippen LogP contribution in [0.15, 0.2) is 24.3 Å². The molecule has 1 aromatic rings. The van der Waals surface area contributed by atoms with Crippen LogP contribution in [0.3, 0.4) is 0 Å². The molecule has 0 saturated carbocycles. The number of nitrogens with one attached hydrogen (secondary N) is 2. The van der Waals surface area contributed by atoms with Crippen LogP contribution < -0.4 is 10.6 Å². The maximum Gasteiger partial charge on any atom is 0.234 e. The fraction of sp³-hybridized carbons (Fsp3) is 0.462. The van der Waals surface area contributed by atoms with Crippen LogP contribution in [0.1, 0.15) is 12.8 Å². The highest BCUT2D eigenvalue weighted by atomic mass is 35.5. The number of anilines is 1. The van der Waals surface area contributed by atoms with Gasteiger partial charge in [0.1, 0.15) is 0 Å². The number of hydrogen-bond acceptors (Lipinski definition) is 3. The Hall–Kier alpha value is -0.710. The van der Waals surface area contributed by atoms with Crippen molar-refractivity contribution >= 4 is 35.0 Å². The van der Waals surface area contributed by atoms with Gasteiger partial charge < -0.3 is 10.6 Å². The minimum atomic E-state index is 0.0563. The molecule has 2 rings (SSSR count). The first-order chi connectivity index (χ1) is 8.74. The molecule has 5 heteroatoms. The number of thioether (sulfide) groups is 1. The normalized spacial score (nSPS) is 16.5. The summed E-state index contributed by atoms with van der Waals surface area (Å²) in [4.78, 5) is 11.8. The Morgan fingerprint density at radius 1 is 1.33 bits per heavy atom. The summed E-state index contributed by atoms with van der Waals surface area (Å²) < 4.78 is 0. The standard InChI is InChI=1S/C13H17ClN2OS/c14-10-1-3-11(4-2-10)16-13(17)9-18-12-5-7-15-8-6-12/h1-4,12,15H,5-9H2,(H,16,17). The summed E-state index contributed by atoms with van der Waals surface area (Å²) in [7, 11) is 0. The van der Waals surface area contributed by atoms with E-state index in [4.69, 9.17) is 11.6 Å². The third-order valence-corrected chi connectivity index (χ3v) is 4.49. The molecule has 1 amide bonds. The molecule has 18 heavy (non-hydrogen) atoms. The molecule has 1 heterocycles. The van der Waals surface area contributed by atoms with Crippen molar-refractivity contribution in [3.63, 3.8) is 0 Å². The zero-order chi connectivity index (χ0) is 12.8. The van der Waals surface area contributed by atoms with Gasteiger partial charge in [0, 0.05) is 16.0 Å². The van der Waals surface area contributed by atoms with Gasteiger partial charge in [0.15, 0.2) is 0 Å². The largest absolute Gasteiger partial charge is 0.325 e. The van der Waals surface area contributed by atoms with Crippen molar-refractivity contribution in [2.45, 2.75) is 18.1 Å². The first-order valence-corrected chi connectivity index (χ1v) is 7.54. The molecule has 0 bridgehead atoms. The quantitative estimate of drug-likeness (QED) is 0.893. The molecule has 2 N–H and O–H groups in total. The predicted molar refractivity (Wildman–Crippen MR) is 78.4 cm³/mol. The van der Waals surface area contributed by atoms with Crippen LogP contribution in [0, 0.1) is 0 Å². The summed E-state index contributed by atoms with van der Waals surface area (Å²) in [5, 5.41) is 7.49. The molecule has 0 unspecified atom stereocenters. The lowest BCUT2D eigenvalue weighted by Gasteiger charge is -2.21. The van der Waals surface area contributed by atoms with Gasteiger partial charge in [0.2, 0.25) is 5.91 Å². The molecule has 1 aromatic carbocycles. The Bertz CT molecular complexity index is 390. The number of amides is 1. The Balaban J connectivity index is 1.73. The number of rotatable bonds is 4. The van der Waals surface area contributed by atoms with Crippen molar-refractivity contribution in [1.29, 1.82) is 0 Å². The van der Waals surface area contributed by atoms with Crippen molar-refractivity contribution in [3.8, 4) is 0 Å². The Morgan fingerprint density at radius 3 is 2.67 bits per heavy atom. The molecule has 0 radical (unpaired) electrons. The molecule has 1 fully saturated rings. The molecule has 0 aliphatic carbocycles. The monoisotopic (exact) mass is 284 g/mol. The van der Waals surface area contributed by atoms with E-state index in [2.05, 4.69) is 10.6 Å². The van der Waals surface area contributed by atoms with E-state index in [-0.39, 0.29) is 5.91 Å². The first kappa shape index (κ1) is 13.7. The van der Waals surface area contributed by atoms with Gasteiger partial charge in [0.25, 0.3) is 0 Å². The molecular formula is C13H17ClN2OS. The second-order valence-electron chi connectivity index (χ2n) is 4.32. The van der Waals surface area contributed by atoms with Crippen molar-refractivity contribution in [2.24, 2.45) is 0 Å². The molecule has 1 aliphatic heterocycles. The van der Waals surface area contributed by atoms with E-state index in [0.29, 0.717) is 16.0 Å². The van der Waals surface area contributed by atoms with E-state index in [1.54, 1.807) is 23.9 Å². The van der Waals surface area contributed by atoms with E-state index in [1.165, 1.54) is 0 Å². The Labute approximate surface area is 117 Å². The Kier molecular flexibility index (Phi) is 5.35. The average molecular weight is 285 g/mol. The third-order valence-electron chi connectivity index (χ3n) is 2.86. The lowest BCUT2D eigenvalue weighted by molar-refractivity contribution is -0.113. The molecule has 1 saturated heterocycles. The summed E-state index contributed by atoms with van der Waals surface area (Å²) in [6, 6.07) is 7.18. The van der Waals surface area contributed by atoms with Crippen LogP contribution >= 0.6 is 23.4 Å². The van der Waals surface area contributed by atoms with Crippen LogP contribution in [0.25, 0.3) is 0 Å². The minimum Gasteiger partial charge on any atom is -0.325 e. The smallest absolute Gasteiger partial charge is 0.234 e. The van der Waals surface area contributed by atoms with Crippen LogP contribution in [0.4, 0.5) is 5.69 Å². The van der Waals surface area contributed by atoms with Gasteiger partial charge in [-0.1, -0.05) is 11.6 Å². The third kappa shape index (κ3) is 4.52. The lowest BCUT2D eigenvalue weighted by Crippen LogP contribution is -2.30. The zero-order valence-electron chi connectivity index (χ0n) is 10.1. The number of hydrogen-bond donors (Lipinski definition) is 2. The molecule has 1 aliphatic rings. The van der Waals surface area contributed by atoms with Crippen LogP contribution in [0.2, 0.25) is 5.02 Å². The number of piperidine rings is 1. The molecule has 0 aromatic heterocycles. The summed E-state index contributed by atoms with van der Waals surface area (Å²) in [5.74, 6) is 0.577. The fourth-order valence-electron chi connectivity index (χ4n) is 1.89. The molecular weight excluding hydrogens is 268 g/mol. The van der Waals surface area contributed by atoms with Crippen LogP contribution in [-0.2, 0) is 4.79 Å². The topological polar surface area (TPSA) is 41.1 Å². The zero-order valence-corrected chi connectivity index (χ0v) is 11.7. The van der Waals surface area contributed by atoms with Crippen molar-refractivity contribution < 1.29 is 4.79 Å². The van der Waals surface area contributed by atoms with E-state index < -0.39 is 0 Å². The molecule has 0 spiro atoms. The summed E-state index contributed by atoms with van der Waals surface area (Å²) in [5.41, 5.74) is 0.801. The Morgan fingerprint density at radius 2 is 2.00 bits per heavy atom. The lowest BCUT2D eigenvalue weighted by atomic mass is 10.2. The number of carbonyl (C=O) groups is 1. The van der Waals surface area contributed by atoms with Gasteiger partial charge >= 0.3 is 0 Å². The second kappa shape index (κ2) is 7.02. The van der Waals surface area contributed by atoms with Gasteiger partial charge in [-0.15, -0.1) is 11.8 Å². The minimum absolute atomic E-state index is 0.0563. The van der Waals surface area contributed by atoms with Gasteiger partial charge in [-0.05, 0) is 50.2 Å². The number of halogens is 1. The van der Waals surface area contributed by atoms with Crippen molar-refractivity contribution in [3.05, 3.63) is 29.3 Å². The SMILES string of the molecule is O=C(CSC1CCNCC1)Nc1ccc(Cl)cc1. The van der Waals surface area contributed by atoms with Gasteiger partial charge in [-0.25, -0.2) is 0 Å². The number of benzene rings is 1. The average Bonchev–Trinajstić information content (AvgIpc) is 2.40. The molecule has 0 atom stereocenters. The van der Waals surface area contributed by atoms with E-state index in [1.807, 2.05) is 12.1 Å². The predicted octanol–water partition coefficient (Wildman–Crippen LogP) is 2.76. The fourth-order valence-corrected chi connectivity index (χ4v) is 3.04. The van der Waals surface area contributed by atoms with Crippen molar-refractivity contribution in [1.82, 2.24) is 5.32 Å². The summed E-state index contributed by atoms with van der Waals surface area (Å²) >= 11 is 7.54. The number of carbonyl (C=O) groups excluding carboxylic acids is 1. The molecule has 98 valence electrons. The highest BCUT2D eigenvalue weighted by Gasteiger charge is 2.14. The highest BCUT2D eigenvalue weighted by molar-refractivity contribution is 8.00. The summed E-state index contributed by atoms with van der Waals surface area (Å²) in [6.45, 7) is 2.13. The van der Waals surface area contributed by atoms with Gasteiger partial charge in [-0.2, -0.15) is 0 Å². The molecule has 3 nitrogen and oxygen atoms in total. The van der Waals surface area contributed by atoms with Crippen molar-refractivity contribution in [2.75, 3.05) is 24.2 Å². The van der Waals surface area contributed by atoms with Gasteiger partial charge in [-0.3, -0.25) is 4.79 Å². The first-order valence-electron chi connectivity index (χ1n) is 6.12. The maximum absolute atomic E-state index is 11.8.